The SMILES string of the molecule is CC(C)(C)c1ccc([N+](=O)[O-])cc1.CC(C)(C)c1ccccc1[N+](=O)[O-].CC1=CC=C(C(C)(C)C)C1. The Labute approximate surface area is 216 Å². The number of allylic oxidation sites excluding steroid dienone is 4. The molecule has 0 atom stereocenters. The Morgan fingerprint density at radius 3 is 1.50 bits per heavy atom. The number of para-hydroxylation sites is 1. The van der Waals surface area contributed by atoms with Crippen LogP contribution in [0.15, 0.2) is 71.8 Å². The van der Waals surface area contributed by atoms with Crippen molar-refractivity contribution in [1.82, 2.24) is 0 Å². The van der Waals surface area contributed by atoms with Crippen LogP contribution in [0.2, 0.25) is 0 Å². The highest BCUT2D eigenvalue weighted by Crippen LogP contribution is 2.33. The smallest absolute Gasteiger partial charge is 0.258 e. The molecule has 0 saturated carbocycles. The van der Waals surface area contributed by atoms with Gasteiger partial charge in [0.1, 0.15) is 0 Å². The molecule has 0 bridgehead atoms. The van der Waals surface area contributed by atoms with E-state index in [1.165, 1.54) is 12.0 Å². The molecule has 2 aromatic carbocycles. The zero-order valence-corrected chi connectivity index (χ0v) is 23.5. The van der Waals surface area contributed by atoms with E-state index < -0.39 is 0 Å². The van der Waals surface area contributed by atoms with Crippen LogP contribution in [-0.4, -0.2) is 9.85 Å². The van der Waals surface area contributed by atoms with E-state index in [2.05, 4.69) is 60.6 Å². The second-order valence-corrected chi connectivity index (χ2v) is 12.2. The van der Waals surface area contributed by atoms with Gasteiger partial charge in [-0.3, -0.25) is 20.2 Å². The van der Waals surface area contributed by atoms with Gasteiger partial charge in [-0.05, 0) is 35.2 Å². The molecule has 196 valence electrons. The van der Waals surface area contributed by atoms with Crippen LogP contribution in [0.4, 0.5) is 11.4 Å². The summed E-state index contributed by atoms with van der Waals surface area (Å²) in [6.45, 7) is 21.1. The van der Waals surface area contributed by atoms with Crippen LogP contribution in [0.3, 0.4) is 0 Å². The number of hydrogen-bond acceptors (Lipinski definition) is 4. The van der Waals surface area contributed by atoms with Gasteiger partial charge in [0.2, 0.25) is 0 Å². The Balaban J connectivity index is 0.000000273. The first kappa shape index (κ1) is 30.8. The maximum Gasteiger partial charge on any atom is 0.273 e. The average molecular weight is 495 g/mol. The Morgan fingerprint density at radius 2 is 1.19 bits per heavy atom. The fourth-order valence-electron chi connectivity index (χ4n) is 3.53. The van der Waals surface area contributed by atoms with E-state index >= 15 is 0 Å². The van der Waals surface area contributed by atoms with Gasteiger partial charge < -0.3 is 0 Å². The highest BCUT2D eigenvalue weighted by molar-refractivity contribution is 5.44. The zero-order valence-electron chi connectivity index (χ0n) is 23.5. The van der Waals surface area contributed by atoms with Gasteiger partial charge in [-0.1, -0.05) is 116 Å². The summed E-state index contributed by atoms with van der Waals surface area (Å²) in [7, 11) is 0. The summed E-state index contributed by atoms with van der Waals surface area (Å²) in [5.74, 6) is 0. The minimum absolute atomic E-state index is 0.0507. The second kappa shape index (κ2) is 12.1. The molecule has 0 fully saturated rings. The van der Waals surface area contributed by atoms with Crippen molar-refractivity contribution in [2.75, 3.05) is 0 Å². The van der Waals surface area contributed by atoms with Crippen LogP contribution < -0.4 is 0 Å². The van der Waals surface area contributed by atoms with E-state index in [9.17, 15) is 20.2 Å². The predicted molar refractivity (Wildman–Crippen MR) is 150 cm³/mol. The van der Waals surface area contributed by atoms with Gasteiger partial charge in [0.15, 0.2) is 0 Å². The molecule has 0 spiro atoms. The molecule has 0 amide bonds. The molecule has 1 aliphatic carbocycles. The lowest BCUT2D eigenvalue weighted by Gasteiger charge is -2.20. The number of nitro benzene ring substituents is 2. The first-order chi connectivity index (χ1) is 16.3. The quantitative estimate of drug-likeness (QED) is 0.308. The molecule has 6 nitrogen and oxygen atoms in total. The molecular weight excluding hydrogens is 452 g/mol. The van der Waals surface area contributed by atoms with Crippen LogP contribution in [0, 0.1) is 25.6 Å². The third-order valence-electron chi connectivity index (χ3n) is 5.85. The van der Waals surface area contributed by atoms with Crippen molar-refractivity contribution in [2.45, 2.75) is 86.5 Å². The summed E-state index contributed by atoms with van der Waals surface area (Å²) in [5, 5.41) is 21.0. The van der Waals surface area contributed by atoms with E-state index in [1.54, 1.807) is 48.0 Å². The predicted octanol–water partition coefficient (Wildman–Crippen LogP) is 9.09. The fraction of sp³-hybridized carbons (Fsp3) is 0.467. The Bertz CT molecular complexity index is 1110. The fourth-order valence-corrected chi connectivity index (χ4v) is 3.53. The van der Waals surface area contributed by atoms with Gasteiger partial charge in [0.05, 0.1) is 9.85 Å². The zero-order chi connectivity index (χ0) is 27.9. The summed E-state index contributed by atoms with van der Waals surface area (Å²) in [6.07, 6.45) is 5.67. The Morgan fingerprint density at radius 1 is 0.667 bits per heavy atom. The number of rotatable bonds is 2. The molecule has 0 radical (unpaired) electrons. The molecule has 0 aromatic heterocycles. The Hall–Kier alpha value is -3.28. The molecule has 0 N–H and O–H groups in total. The van der Waals surface area contributed by atoms with Gasteiger partial charge in [0.25, 0.3) is 11.4 Å². The molecule has 36 heavy (non-hydrogen) atoms. The number of non-ortho nitro benzene ring substituents is 1. The summed E-state index contributed by atoms with van der Waals surface area (Å²) >= 11 is 0. The Kier molecular flexibility index (Phi) is 10.3. The monoisotopic (exact) mass is 494 g/mol. The van der Waals surface area contributed by atoms with Crippen LogP contribution in [0.25, 0.3) is 0 Å². The summed E-state index contributed by atoms with van der Waals surface area (Å²) in [5.41, 5.74) is 5.53. The van der Waals surface area contributed by atoms with Crippen molar-refractivity contribution in [3.63, 3.8) is 0 Å². The van der Waals surface area contributed by atoms with Crippen molar-refractivity contribution in [3.05, 3.63) is 103 Å². The van der Waals surface area contributed by atoms with Crippen molar-refractivity contribution < 1.29 is 9.85 Å². The molecule has 0 heterocycles. The van der Waals surface area contributed by atoms with Gasteiger partial charge in [-0.25, -0.2) is 0 Å². The van der Waals surface area contributed by atoms with Gasteiger partial charge in [0, 0.05) is 23.8 Å². The topological polar surface area (TPSA) is 86.3 Å². The maximum absolute atomic E-state index is 10.7. The molecule has 1 aliphatic rings. The molecule has 0 saturated heterocycles. The molecule has 6 heteroatoms. The molecule has 2 aromatic rings. The highest BCUT2D eigenvalue weighted by Gasteiger charge is 2.23. The largest absolute Gasteiger partial charge is 0.273 e. The first-order valence-corrected chi connectivity index (χ1v) is 12.2. The van der Waals surface area contributed by atoms with Gasteiger partial charge in [-0.15, -0.1) is 0 Å². The minimum Gasteiger partial charge on any atom is -0.258 e. The van der Waals surface area contributed by atoms with E-state index in [-0.39, 0.29) is 32.1 Å². The van der Waals surface area contributed by atoms with Crippen molar-refractivity contribution in [1.29, 1.82) is 0 Å². The lowest BCUT2D eigenvalue weighted by atomic mass is 9.85. The van der Waals surface area contributed by atoms with Crippen molar-refractivity contribution in [2.24, 2.45) is 5.41 Å². The number of nitro groups is 2. The number of hydrogen-bond donors (Lipinski definition) is 0. The van der Waals surface area contributed by atoms with Gasteiger partial charge in [-0.2, -0.15) is 0 Å². The van der Waals surface area contributed by atoms with E-state index in [1.807, 2.05) is 26.8 Å². The minimum atomic E-state index is -0.383. The molecule has 3 rings (SSSR count). The highest BCUT2D eigenvalue weighted by atomic mass is 16.6. The van der Waals surface area contributed by atoms with Crippen molar-refractivity contribution in [3.8, 4) is 0 Å². The first-order valence-electron chi connectivity index (χ1n) is 12.2. The summed E-state index contributed by atoms with van der Waals surface area (Å²) in [4.78, 5) is 20.3. The normalized spacial score (nSPS) is 13.4. The summed E-state index contributed by atoms with van der Waals surface area (Å²) in [6, 6.07) is 13.6. The van der Waals surface area contributed by atoms with Gasteiger partial charge >= 0.3 is 0 Å². The van der Waals surface area contributed by atoms with Crippen LogP contribution >= 0.6 is 0 Å². The van der Waals surface area contributed by atoms with E-state index in [0.717, 1.165) is 11.1 Å². The number of nitrogens with zero attached hydrogens (tertiary/aromatic N) is 2. The molecule has 0 aliphatic heterocycles. The van der Waals surface area contributed by atoms with Crippen LogP contribution in [-0.2, 0) is 10.8 Å². The van der Waals surface area contributed by atoms with E-state index in [4.69, 9.17) is 0 Å². The average Bonchev–Trinajstić information content (AvgIpc) is 3.20. The molecular formula is C30H42N2O4. The lowest BCUT2D eigenvalue weighted by molar-refractivity contribution is -0.386. The second-order valence-electron chi connectivity index (χ2n) is 12.2. The van der Waals surface area contributed by atoms with E-state index in [0.29, 0.717) is 5.41 Å². The molecule has 0 unspecified atom stereocenters. The maximum atomic E-state index is 10.7. The van der Waals surface area contributed by atoms with Crippen molar-refractivity contribution >= 4 is 11.4 Å². The lowest BCUT2D eigenvalue weighted by Crippen LogP contribution is -2.13. The third kappa shape index (κ3) is 9.76. The standard InChI is InChI=1S/2C10H13NO2.C10H16/c1-10(2,3)8-4-6-9(7-5-8)11(12)13;1-10(2,3)8-6-4-5-7-9(8)11(12)13;1-8-5-6-9(7-8)10(2,3)4/h2*4-7H,1-3H3;5-6H,7H2,1-4H3. The summed E-state index contributed by atoms with van der Waals surface area (Å²) < 4.78 is 0. The third-order valence-corrected chi connectivity index (χ3v) is 5.85. The van der Waals surface area contributed by atoms with Crippen LogP contribution in [0.1, 0.15) is 86.8 Å². The van der Waals surface area contributed by atoms with Crippen LogP contribution in [0.5, 0.6) is 0 Å². The number of benzene rings is 2.